The van der Waals surface area contributed by atoms with Gasteiger partial charge in [-0.05, 0) is 42.7 Å². The van der Waals surface area contributed by atoms with Crippen molar-refractivity contribution in [2.24, 2.45) is 0 Å². The van der Waals surface area contributed by atoms with Crippen molar-refractivity contribution >= 4 is 15.8 Å². The molecule has 0 saturated carbocycles. The van der Waals surface area contributed by atoms with E-state index in [0.29, 0.717) is 18.6 Å². The van der Waals surface area contributed by atoms with Crippen LogP contribution in [0.3, 0.4) is 0 Å². The van der Waals surface area contributed by atoms with Gasteiger partial charge in [0.05, 0.1) is 4.90 Å². The van der Waals surface area contributed by atoms with E-state index >= 15 is 0 Å². The summed E-state index contributed by atoms with van der Waals surface area (Å²) in [5.74, 6) is -0.0187. The first-order chi connectivity index (χ1) is 12.7. The van der Waals surface area contributed by atoms with Gasteiger partial charge in [0.25, 0.3) is 5.78 Å². The van der Waals surface area contributed by atoms with Crippen molar-refractivity contribution in [3.63, 3.8) is 0 Å². The predicted molar refractivity (Wildman–Crippen MR) is 87.4 cm³/mol. The largest absolute Gasteiger partial charge is 0.573 e. The average molecular weight is 401 g/mol. The van der Waals surface area contributed by atoms with E-state index in [1.165, 1.54) is 10.8 Å². The highest BCUT2D eigenvalue weighted by Gasteiger charge is 2.31. The average Bonchev–Trinajstić information content (AvgIpc) is 3.05. The zero-order valence-electron chi connectivity index (χ0n) is 13.7. The summed E-state index contributed by atoms with van der Waals surface area (Å²) < 4.78 is 68.3. The van der Waals surface area contributed by atoms with Crippen molar-refractivity contribution in [2.45, 2.75) is 24.1 Å². The maximum atomic E-state index is 12.2. The molecule has 27 heavy (non-hydrogen) atoms. The molecule has 0 unspecified atom stereocenters. The van der Waals surface area contributed by atoms with Gasteiger partial charge in [-0.2, -0.15) is 10.1 Å². The molecule has 2 heterocycles. The standard InChI is InChI=1S/C15H14F3N5O3S/c16-15(17,18)26-12-3-5-13(6-4-12)27(24,25)22-7-1-2-11-8-19-14-20-10-21-23(14)9-11/h3-6,8-10,22H,1-2,7H2. The summed E-state index contributed by atoms with van der Waals surface area (Å²) in [6, 6.07) is 3.99. The topological polar surface area (TPSA) is 98.5 Å². The fourth-order valence-corrected chi connectivity index (χ4v) is 3.36. The van der Waals surface area contributed by atoms with Crippen molar-refractivity contribution in [2.75, 3.05) is 6.54 Å². The fraction of sp³-hybridized carbons (Fsp3) is 0.267. The third-order valence-corrected chi connectivity index (χ3v) is 4.97. The summed E-state index contributed by atoms with van der Waals surface area (Å²) in [5, 5.41) is 3.97. The molecule has 0 atom stereocenters. The van der Waals surface area contributed by atoms with Crippen LogP contribution in [0.15, 0.2) is 47.9 Å². The van der Waals surface area contributed by atoms with Crippen molar-refractivity contribution in [3.8, 4) is 5.75 Å². The minimum absolute atomic E-state index is 0.150. The van der Waals surface area contributed by atoms with Crippen LogP contribution in [0.5, 0.6) is 5.75 Å². The number of hydrogen-bond donors (Lipinski definition) is 1. The van der Waals surface area contributed by atoms with Crippen LogP contribution in [0.25, 0.3) is 5.78 Å². The molecule has 0 aliphatic heterocycles. The number of alkyl halides is 3. The van der Waals surface area contributed by atoms with E-state index in [0.717, 1.165) is 29.8 Å². The third kappa shape index (κ3) is 5.14. The number of nitrogens with one attached hydrogen (secondary N) is 1. The Hall–Kier alpha value is -2.73. The number of hydrogen-bond acceptors (Lipinski definition) is 6. The SMILES string of the molecule is O=S(=O)(NCCCc1cnc2ncnn2c1)c1ccc(OC(F)(F)F)cc1. The monoisotopic (exact) mass is 401 g/mol. The number of halogens is 3. The molecule has 0 aliphatic carbocycles. The zero-order valence-corrected chi connectivity index (χ0v) is 14.5. The van der Waals surface area contributed by atoms with E-state index < -0.39 is 22.1 Å². The first-order valence-electron chi connectivity index (χ1n) is 7.73. The second kappa shape index (κ2) is 7.48. The zero-order chi connectivity index (χ0) is 19.5. The molecule has 0 saturated heterocycles. The Morgan fingerprint density at radius 1 is 1.15 bits per heavy atom. The number of sulfonamides is 1. The van der Waals surface area contributed by atoms with Crippen LogP contribution in [-0.4, -0.2) is 40.9 Å². The van der Waals surface area contributed by atoms with Crippen LogP contribution in [0.1, 0.15) is 12.0 Å². The number of benzene rings is 1. The Kier molecular flexibility index (Phi) is 5.28. The van der Waals surface area contributed by atoms with Gasteiger partial charge in [0.1, 0.15) is 12.1 Å². The van der Waals surface area contributed by atoms with Gasteiger partial charge < -0.3 is 4.74 Å². The molecule has 0 amide bonds. The number of nitrogens with zero attached hydrogens (tertiary/aromatic N) is 4. The first-order valence-corrected chi connectivity index (χ1v) is 9.21. The molecule has 0 radical (unpaired) electrons. The highest BCUT2D eigenvalue weighted by Crippen LogP contribution is 2.23. The highest BCUT2D eigenvalue weighted by molar-refractivity contribution is 7.89. The molecule has 1 aromatic carbocycles. The van der Waals surface area contributed by atoms with E-state index in [-0.39, 0.29) is 11.4 Å². The van der Waals surface area contributed by atoms with E-state index in [2.05, 4.69) is 24.5 Å². The molecule has 0 bridgehead atoms. The summed E-state index contributed by atoms with van der Waals surface area (Å²) >= 11 is 0. The first kappa shape index (κ1) is 19.0. The number of aryl methyl sites for hydroxylation is 1. The van der Waals surface area contributed by atoms with Gasteiger partial charge in [-0.25, -0.2) is 22.6 Å². The molecule has 1 N–H and O–H groups in total. The van der Waals surface area contributed by atoms with E-state index in [1.54, 1.807) is 12.4 Å². The van der Waals surface area contributed by atoms with Crippen LogP contribution >= 0.6 is 0 Å². The van der Waals surface area contributed by atoms with Crippen molar-refractivity contribution < 1.29 is 26.3 Å². The lowest BCUT2D eigenvalue weighted by molar-refractivity contribution is -0.274. The molecule has 3 rings (SSSR count). The molecular weight excluding hydrogens is 387 g/mol. The molecule has 2 aromatic heterocycles. The summed E-state index contributed by atoms with van der Waals surface area (Å²) in [5.41, 5.74) is 0.862. The lowest BCUT2D eigenvalue weighted by Gasteiger charge is -2.10. The lowest BCUT2D eigenvalue weighted by Crippen LogP contribution is -2.25. The second-order valence-electron chi connectivity index (χ2n) is 5.49. The Bertz CT molecular complexity index is 1020. The molecular formula is C15H14F3N5O3S. The van der Waals surface area contributed by atoms with Gasteiger partial charge in [-0.1, -0.05) is 0 Å². The third-order valence-electron chi connectivity index (χ3n) is 3.49. The van der Waals surface area contributed by atoms with E-state index in [9.17, 15) is 21.6 Å². The molecule has 0 aliphatic rings. The quantitative estimate of drug-likeness (QED) is 0.608. The minimum atomic E-state index is -4.83. The van der Waals surface area contributed by atoms with Crippen LogP contribution in [0.4, 0.5) is 13.2 Å². The van der Waals surface area contributed by atoms with Crippen LogP contribution < -0.4 is 9.46 Å². The van der Waals surface area contributed by atoms with Gasteiger partial charge >= 0.3 is 6.36 Å². The smallest absolute Gasteiger partial charge is 0.406 e. The predicted octanol–water partition coefficient (Wildman–Crippen LogP) is 1.93. The summed E-state index contributed by atoms with van der Waals surface area (Å²) in [4.78, 5) is 7.88. The molecule has 8 nitrogen and oxygen atoms in total. The van der Waals surface area contributed by atoms with Gasteiger partial charge in [0, 0.05) is 18.9 Å². The normalized spacial score (nSPS) is 12.4. The molecule has 144 valence electrons. The number of ether oxygens (including phenoxy) is 1. The van der Waals surface area contributed by atoms with Crippen molar-refractivity contribution in [1.82, 2.24) is 24.3 Å². The molecule has 12 heteroatoms. The summed E-state index contributed by atoms with van der Waals surface area (Å²) in [7, 11) is -3.83. The summed E-state index contributed by atoms with van der Waals surface area (Å²) in [6.45, 7) is 0.151. The number of fused-ring (bicyclic) bond motifs is 1. The maximum absolute atomic E-state index is 12.2. The van der Waals surface area contributed by atoms with Crippen molar-refractivity contribution in [3.05, 3.63) is 48.5 Å². The van der Waals surface area contributed by atoms with E-state index in [1.807, 2.05) is 0 Å². The number of aromatic nitrogens is 4. The molecule has 0 fully saturated rings. The summed E-state index contributed by atoms with van der Waals surface area (Å²) in [6.07, 6.45) is 0.995. The number of rotatable bonds is 7. The Balaban J connectivity index is 1.53. The second-order valence-corrected chi connectivity index (χ2v) is 7.25. The Labute approximate surface area is 152 Å². The van der Waals surface area contributed by atoms with Gasteiger partial charge in [-0.3, -0.25) is 0 Å². The Morgan fingerprint density at radius 3 is 2.59 bits per heavy atom. The van der Waals surface area contributed by atoms with Crippen LogP contribution in [0.2, 0.25) is 0 Å². The van der Waals surface area contributed by atoms with Crippen LogP contribution in [0, 0.1) is 0 Å². The molecule has 3 aromatic rings. The maximum Gasteiger partial charge on any atom is 0.573 e. The van der Waals surface area contributed by atoms with Gasteiger partial charge in [0.2, 0.25) is 10.0 Å². The lowest BCUT2D eigenvalue weighted by atomic mass is 10.2. The van der Waals surface area contributed by atoms with Gasteiger partial charge in [-0.15, -0.1) is 13.2 Å². The fourth-order valence-electron chi connectivity index (χ4n) is 2.29. The molecule has 0 spiro atoms. The van der Waals surface area contributed by atoms with E-state index in [4.69, 9.17) is 0 Å². The highest BCUT2D eigenvalue weighted by atomic mass is 32.2. The minimum Gasteiger partial charge on any atom is -0.406 e. The van der Waals surface area contributed by atoms with Gasteiger partial charge in [0.15, 0.2) is 0 Å². The van der Waals surface area contributed by atoms with Crippen LogP contribution in [-0.2, 0) is 16.4 Å². The van der Waals surface area contributed by atoms with Crippen molar-refractivity contribution in [1.29, 1.82) is 0 Å². The Morgan fingerprint density at radius 2 is 1.89 bits per heavy atom.